The minimum Gasteiger partial charge on any atom is -0.475 e. The highest BCUT2D eigenvalue weighted by molar-refractivity contribution is 5.73. The molecule has 172 valence electrons. The summed E-state index contributed by atoms with van der Waals surface area (Å²) in [4.78, 5) is 20.3. The standard InChI is InChI=1S/C20H19N5O.C2HF3O2/c21-18(11-17-12-22-13-23-17)20-24-19(25-26-20)10-14-6-8-16(9-7-14)15-4-2-1-3-5-15;3-2(4,5)1(6)7/h1-9,12-13,18H,10-11,21H2,(H,22,23);(H,6,7). The quantitative estimate of drug-likeness (QED) is 0.398. The first kappa shape index (κ1) is 23.7. The average Bonchev–Trinajstić information content (AvgIpc) is 3.47. The van der Waals surface area contributed by atoms with Gasteiger partial charge in [-0.15, -0.1) is 0 Å². The average molecular weight is 459 g/mol. The molecule has 0 aliphatic heterocycles. The van der Waals surface area contributed by atoms with E-state index >= 15 is 0 Å². The number of halogens is 3. The van der Waals surface area contributed by atoms with Gasteiger partial charge in [-0.25, -0.2) is 9.78 Å². The fourth-order valence-corrected chi connectivity index (χ4v) is 2.84. The van der Waals surface area contributed by atoms with Crippen molar-refractivity contribution in [1.29, 1.82) is 0 Å². The molecule has 0 radical (unpaired) electrons. The van der Waals surface area contributed by atoms with Crippen LogP contribution in [0.2, 0.25) is 0 Å². The van der Waals surface area contributed by atoms with Crippen molar-refractivity contribution in [2.24, 2.45) is 5.73 Å². The van der Waals surface area contributed by atoms with Gasteiger partial charge >= 0.3 is 12.1 Å². The van der Waals surface area contributed by atoms with Crippen molar-refractivity contribution in [3.05, 3.63) is 90.1 Å². The third-order valence-electron chi connectivity index (χ3n) is 4.46. The van der Waals surface area contributed by atoms with E-state index in [0.29, 0.717) is 24.6 Å². The second kappa shape index (κ2) is 10.6. The topological polar surface area (TPSA) is 131 Å². The molecule has 8 nitrogen and oxygen atoms in total. The van der Waals surface area contributed by atoms with Crippen LogP contribution in [-0.2, 0) is 17.6 Å². The number of H-pyrrole nitrogens is 1. The molecular formula is C22H20F3N5O3. The summed E-state index contributed by atoms with van der Waals surface area (Å²) >= 11 is 0. The third kappa shape index (κ3) is 7.01. The first-order valence-corrected chi connectivity index (χ1v) is 9.72. The molecule has 0 aliphatic carbocycles. The first-order valence-electron chi connectivity index (χ1n) is 9.72. The van der Waals surface area contributed by atoms with Crippen molar-refractivity contribution in [2.45, 2.75) is 25.1 Å². The number of aromatic nitrogens is 4. The number of carboxylic acids is 1. The summed E-state index contributed by atoms with van der Waals surface area (Å²) in [6.45, 7) is 0. The van der Waals surface area contributed by atoms with Crippen molar-refractivity contribution < 1.29 is 27.6 Å². The number of aliphatic carboxylic acids is 1. The molecule has 11 heteroatoms. The highest BCUT2D eigenvalue weighted by atomic mass is 19.4. The van der Waals surface area contributed by atoms with Crippen LogP contribution in [-0.4, -0.2) is 37.4 Å². The van der Waals surface area contributed by atoms with E-state index in [1.54, 1.807) is 12.5 Å². The van der Waals surface area contributed by atoms with Crippen LogP contribution in [0.1, 0.15) is 29.0 Å². The van der Waals surface area contributed by atoms with Crippen molar-refractivity contribution in [3.63, 3.8) is 0 Å². The Morgan fingerprint density at radius 1 is 1.09 bits per heavy atom. The molecule has 2 aromatic carbocycles. The maximum atomic E-state index is 10.6. The summed E-state index contributed by atoms with van der Waals surface area (Å²) < 4.78 is 37.1. The summed E-state index contributed by atoms with van der Waals surface area (Å²) in [5.74, 6) is -1.68. The van der Waals surface area contributed by atoms with Crippen LogP contribution in [0, 0.1) is 0 Å². The minimum absolute atomic E-state index is 0.350. The van der Waals surface area contributed by atoms with E-state index < -0.39 is 12.1 Å². The molecule has 0 fully saturated rings. The Morgan fingerprint density at radius 2 is 1.73 bits per heavy atom. The number of hydrogen-bond donors (Lipinski definition) is 3. The second-order valence-corrected chi connectivity index (χ2v) is 6.98. The largest absolute Gasteiger partial charge is 0.490 e. The van der Waals surface area contributed by atoms with Gasteiger partial charge in [-0.1, -0.05) is 59.8 Å². The molecule has 0 bridgehead atoms. The van der Waals surface area contributed by atoms with Gasteiger partial charge < -0.3 is 20.3 Å². The van der Waals surface area contributed by atoms with E-state index in [1.165, 1.54) is 11.1 Å². The van der Waals surface area contributed by atoms with Crippen LogP contribution in [0.3, 0.4) is 0 Å². The molecule has 4 aromatic rings. The van der Waals surface area contributed by atoms with E-state index in [1.807, 2.05) is 18.2 Å². The number of benzene rings is 2. The van der Waals surface area contributed by atoms with Crippen molar-refractivity contribution in [3.8, 4) is 11.1 Å². The highest BCUT2D eigenvalue weighted by Gasteiger charge is 2.38. The molecule has 1 atom stereocenters. The molecule has 1 unspecified atom stereocenters. The Morgan fingerprint density at radius 3 is 2.30 bits per heavy atom. The Kier molecular flexibility index (Phi) is 7.57. The predicted molar refractivity (Wildman–Crippen MR) is 112 cm³/mol. The third-order valence-corrected chi connectivity index (χ3v) is 4.46. The summed E-state index contributed by atoms with van der Waals surface area (Å²) in [7, 11) is 0. The molecule has 4 N–H and O–H groups in total. The highest BCUT2D eigenvalue weighted by Crippen LogP contribution is 2.20. The summed E-state index contributed by atoms with van der Waals surface area (Å²) in [6, 6.07) is 18.3. The predicted octanol–water partition coefficient (Wildman–Crippen LogP) is 3.93. The second-order valence-electron chi connectivity index (χ2n) is 6.98. The van der Waals surface area contributed by atoms with Gasteiger partial charge in [0, 0.05) is 24.7 Å². The van der Waals surface area contributed by atoms with Crippen LogP contribution in [0.4, 0.5) is 13.2 Å². The molecule has 4 rings (SSSR count). The number of nitrogens with two attached hydrogens (primary N) is 1. The normalized spacial score (nSPS) is 12.0. The molecule has 0 aliphatic rings. The number of imidazole rings is 1. The Balaban J connectivity index is 0.000000383. The zero-order valence-corrected chi connectivity index (χ0v) is 17.2. The molecule has 0 saturated carbocycles. The fourth-order valence-electron chi connectivity index (χ4n) is 2.84. The van der Waals surface area contributed by atoms with Crippen LogP contribution >= 0.6 is 0 Å². The van der Waals surface area contributed by atoms with Gasteiger partial charge in [-0.05, 0) is 16.7 Å². The van der Waals surface area contributed by atoms with Gasteiger partial charge in [0.15, 0.2) is 5.82 Å². The lowest BCUT2D eigenvalue weighted by Gasteiger charge is -2.04. The van der Waals surface area contributed by atoms with Gasteiger partial charge in [0.05, 0.1) is 12.4 Å². The van der Waals surface area contributed by atoms with Crippen molar-refractivity contribution in [1.82, 2.24) is 20.1 Å². The van der Waals surface area contributed by atoms with Gasteiger partial charge in [0.25, 0.3) is 0 Å². The number of nitrogens with zero attached hydrogens (tertiary/aromatic N) is 3. The monoisotopic (exact) mass is 459 g/mol. The molecular weight excluding hydrogens is 439 g/mol. The number of aromatic amines is 1. The summed E-state index contributed by atoms with van der Waals surface area (Å²) in [5.41, 5.74) is 10.6. The van der Waals surface area contributed by atoms with Crippen LogP contribution < -0.4 is 5.73 Å². The Hall–Kier alpha value is -3.99. The minimum atomic E-state index is -5.08. The van der Waals surface area contributed by atoms with E-state index in [4.69, 9.17) is 20.2 Å². The lowest BCUT2D eigenvalue weighted by molar-refractivity contribution is -0.192. The Labute approximate surface area is 186 Å². The fraction of sp³-hybridized carbons (Fsp3) is 0.182. The summed E-state index contributed by atoms with van der Waals surface area (Å²) in [5, 5.41) is 11.2. The number of carboxylic acid groups (broad SMARTS) is 1. The lowest BCUT2D eigenvalue weighted by Crippen LogP contribution is -2.21. The van der Waals surface area contributed by atoms with Gasteiger partial charge in [-0.3, -0.25) is 0 Å². The lowest BCUT2D eigenvalue weighted by atomic mass is 10.0. The number of nitrogens with one attached hydrogen (secondary N) is 1. The van der Waals surface area contributed by atoms with E-state index in [2.05, 4.69) is 56.5 Å². The van der Waals surface area contributed by atoms with Gasteiger partial charge in [0.2, 0.25) is 5.89 Å². The number of alkyl halides is 3. The zero-order valence-electron chi connectivity index (χ0n) is 17.2. The SMILES string of the molecule is NC(Cc1cnc[nH]1)c1nc(Cc2ccc(-c3ccccc3)cc2)no1.O=C(O)C(F)(F)F. The van der Waals surface area contributed by atoms with Crippen LogP contribution in [0.15, 0.2) is 71.6 Å². The van der Waals surface area contributed by atoms with Crippen molar-refractivity contribution >= 4 is 5.97 Å². The smallest absolute Gasteiger partial charge is 0.475 e. The van der Waals surface area contributed by atoms with Gasteiger partial charge in [-0.2, -0.15) is 18.2 Å². The Bertz CT molecular complexity index is 1140. The molecule has 33 heavy (non-hydrogen) atoms. The maximum Gasteiger partial charge on any atom is 0.490 e. The molecule has 2 heterocycles. The zero-order chi connectivity index (χ0) is 23.8. The molecule has 2 aromatic heterocycles. The maximum absolute atomic E-state index is 10.6. The first-order chi connectivity index (χ1) is 15.7. The number of rotatable bonds is 6. The van der Waals surface area contributed by atoms with Crippen LogP contribution in [0.5, 0.6) is 0 Å². The molecule has 0 saturated heterocycles. The number of carbonyl (C=O) groups is 1. The van der Waals surface area contributed by atoms with Gasteiger partial charge in [0.1, 0.15) is 0 Å². The summed E-state index contributed by atoms with van der Waals surface area (Å²) in [6.07, 6.45) is -0.533. The van der Waals surface area contributed by atoms with E-state index in [-0.39, 0.29) is 6.04 Å². The van der Waals surface area contributed by atoms with E-state index in [9.17, 15) is 13.2 Å². The number of hydrogen-bond acceptors (Lipinski definition) is 6. The molecule has 0 amide bonds. The van der Waals surface area contributed by atoms with Crippen molar-refractivity contribution in [2.75, 3.05) is 0 Å². The van der Waals surface area contributed by atoms with E-state index in [0.717, 1.165) is 11.3 Å². The van der Waals surface area contributed by atoms with Crippen LogP contribution in [0.25, 0.3) is 11.1 Å². The molecule has 0 spiro atoms.